The van der Waals surface area contributed by atoms with Crippen LogP contribution >= 0.6 is 0 Å². The molecule has 0 spiro atoms. The van der Waals surface area contributed by atoms with E-state index in [0.717, 1.165) is 18.5 Å². The SMILES string of the molecule is Cc1[nH]ncc1C(=O)N1CCOC(CCc2ccccc2)C1. The smallest absolute Gasteiger partial charge is 0.257 e. The molecule has 1 unspecified atom stereocenters. The number of morpholine rings is 1. The highest BCUT2D eigenvalue weighted by molar-refractivity contribution is 5.95. The lowest BCUT2D eigenvalue weighted by atomic mass is 10.1. The van der Waals surface area contributed by atoms with E-state index in [-0.39, 0.29) is 12.0 Å². The Hall–Kier alpha value is -2.14. The minimum absolute atomic E-state index is 0.0410. The standard InChI is InChI=1S/C17H21N3O2/c1-13-16(11-18-19-13)17(21)20-9-10-22-15(12-20)8-7-14-5-3-2-4-6-14/h2-6,11,15H,7-10,12H2,1H3,(H,18,19). The molecule has 22 heavy (non-hydrogen) atoms. The highest BCUT2D eigenvalue weighted by Crippen LogP contribution is 2.15. The van der Waals surface area contributed by atoms with Gasteiger partial charge in [-0.15, -0.1) is 0 Å². The molecule has 1 N–H and O–H groups in total. The van der Waals surface area contributed by atoms with Crippen LogP contribution < -0.4 is 0 Å². The fourth-order valence-corrected chi connectivity index (χ4v) is 2.79. The first-order valence-corrected chi connectivity index (χ1v) is 7.69. The number of carbonyl (C=O) groups excluding carboxylic acids is 1. The maximum atomic E-state index is 12.5. The highest BCUT2D eigenvalue weighted by Gasteiger charge is 2.26. The van der Waals surface area contributed by atoms with Crippen LogP contribution in [-0.4, -0.2) is 46.8 Å². The van der Waals surface area contributed by atoms with Crippen LogP contribution in [0.3, 0.4) is 0 Å². The number of hydrogen-bond donors (Lipinski definition) is 1. The van der Waals surface area contributed by atoms with E-state index in [1.807, 2.05) is 17.9 Å². The number of amides is 1. The van der Waals surface area contributed by atoms with E-state index in [2.05, 4.69) is 34.5 Å². The van der Waals surface area contributed by atoms with Crippen LogP contribution in [0.15, 0.2) is 36.5 Å². The van der Waals surface area contributed by atoms with Gasteiger partial charge in [0.05, 0.1) is 24.5 Å². The Labute approximate surface area is 130 Å². The molecule has 5 nitrogen and oxygen atoms in total. The third-order valence-electron chi connectivity index (χ3n) is 4.08. The van der Waals surface area contributed by atoms with Crippen LogP contribution in [0.4, 0.5) is 0 Å². The number of nitrogens with zero attached hydrogens (tertiary/aromatic N) is 2. The molecule has 1 amide bonds. The molecule has 116 valence electrons. The molecule has 0 aliphatic carbocycles. The third-order valence-corrected chi connectivity index (χ3v) is 4.08. The number of rotatable bonds is 4. The van der Waals surface area contributed by atoms with Crippen LogP contribution in [0.25, 0.3) is 0 Å². The Bertz CT molecular complexity index is 624. The predicted octanol–water partition coefficient (Wildman–Crippen LogP) is 2.19. The fraction of sp³-hybridized carbons (Fsp3) is 0.412. The van der Waals surface area contributed by atoms with Gasteiger partial charge in [-0.1, -0.05) is 30.3 Å². The Morgan fingerprint density at radius 3 is 2.95 bits per heavy atom. The van der Waals surface area contributed by atoms with Gasteiger partial charge in [-0.3, -0.25) is 9.89 Å². The van der Waals surface area contributed by atoms with Crippen molar-refractivity contribution in [3.05, 3.63) is 53.3 Å². The van der Waals surface area contributed by atoms with Crippen molar-refractivity contribution in [3.8, 4) is 0 Å². The van der Waals surface area contributed by atoms with Gasteiger partial charge in [0.1, 0.15) is 0 Å². The molecule has 0 saturated carbocycles. The average molecular weight is 299 g/mol. The molecular weight excluding hydrogens is 278 g/mol. The summed E-state index contributed by atoms with van der Waals surface area (Å²) in [6.07, 6.45) is 3.60. The van der Waals surface area contributed by atoms with Crippen molar-refractivity contribution in [3.63, 3.8) is 0 Å². The third kappa shape index (κ3) is 3.36. The zero-order chi connectivity index (χ0) is 15.4. The normalized spacial score (nSPS) is 18.4. The molecule has 5 heteroatoms. The summed E-state index contributed by atoms with van der Waals surface area (Å²) in [6, 6.07) is 10.4. The lowest BCUT2D eigenvalue weighted by molar-refractivity contribution is -0.0246. The summed E-state index contributed by atoms with van der Waals surface area (Å²) < 4.78 is 5.81. The van der Waals surface area contributed by atoms with Gasteiger partial charge in [0, 0.05) is 18.8 Å². The molecule has 2 heterocycles. The van der Waals surface area contributed by atoms with Crippen molar-refractivity contribution in [1.82, 2.24) is 15.1 Å². The van der Waals surface area contributed by atoms with Crippen molar-refractivity contribution in [2.45, 2.75) is 25.9 Å². The van der Waals surface area contributed by atoms with Gasteiger partial charge in [0.2, 0.25) is 0 Å². The summed E-state index contributed by atoms with van der Waals surface area (Å²) in [5.74, 6) is 0.0410. The van der Waals surface area contributed by atoms with E-state index in [4.69, 9.17) is 4.74 Å². The molecule has 1 atom stereocenters. The number of aromatic amines is 1. The number of hydrogen-bond acceptors (Lipinski definition) is 3. The van der Waals surface area contributed by atoms with Gasteiger partial charge >= 0.3 is 0 Å². The molecule has 1 fully saturated rings. The second-order valence-electron chi connectivity index (χ2n) is 5.68. The van der Waals surface area contributed by atoms with Crippen molar-refractivity contribution in [2.24, 2.45) is 0 Å². The Kier molecular flexibility index (Phi) is 4.53. The predicted molar refractivity (Wildman–Crippen MR) is 83.7 cm³/mol. The van der Waals surface area contributed by atoms with E-state index < -0.39 is 0 Å². The van der Waals surface area contributed by atoms with Crippen molar-refractivity contribution < 1.29 is 9.53 Å². The van der Waals surface area contributed by atoms with Crippen LogP contribution in [0.5, 0.6) is 0 Å². The first-order valence-electron chi connectivity index (χ1n) is 7.69. The van der Waals surface area contributed by atoms with E-state index in [1.54, 1.807) is 6.20 Å². The lowest BCUT2D eigenvalue weighted by Gasteiger charge is -2.33. The van der Waals surface area contributed by atoms with Gasteiger partial charge < -0.3 is 9.64 Å². The molecular formula is C17H21N3O2. The summed E-state index contributed by atoms with van der Waals surface area (Å²) in [5.41, 5.74) is 2.78. The molecule has 1 aromatic heterocycles. The molecule has 3 rings (SSSR count). The van der Waals surface area contributed by atoms with Gasteiger partial charge in [-0.05, 0) is 25.3 Å². The summed E-state index contributed by atoms with van der Waals surface area (Å²) in [7, 11) is 0. The van der Waals surface area contributed by atoms with E-state index in [0.29, 0.717) is 25.3 Å². The van der Waals surface area contributed by atoms with Gasteiger partial charge in [-0.25, -0.2) is 0 Å². The lowest BCUT2D eigenvalue weighted by Crippen LogP contribution is -2.45. The largest absolute Gasteiger partial charge is 0.375 e. The second kappa shape index (κ2) is 6.75. The molecule has 0 bridgehead atoms. The van der Waals surface area contributed by atoms with Crippen LogP contribution in [0.1, 0.15) is 28.0 Å². The summed E-state index contributed by atoms with van der Waals surface area (Å²) in [4.78, 5) is 14.4. The van der Waals surface area contributed by atoms with Gasteiger partial charge in [-0.2, -0.15) is 5.10 Å². The molecule has 1 saturated heterocycles. The van der Waals surface area contributed by atoms with Crippen molar-refractivity contribution >= 4 is 5.91 Å². The zero-order valence-electron chi connectivity index (χ0n) is 12.8. The van der Waals surface area contributed by atoms with Crippen LogP contribution in [0, 0.1) is 6.92 Å². The summed E-state index contributed by atoms with van der Waals surface area (Å²) in [5, 5.41) is 6.75. The van der Waals surface area contributed by atoms with Gasteiger partial charge in [0.25, 0.3) is 5.91 Å². The van der Waals surface area contributed by atoms with Crippen LogP contribution in [-0.2, 0) is 11.2 Å². The van der Waals surface area contributed by atoms with E-state index >= 15 is 0 Å². The molecule has 1 aromatic carbocycles. The number of ether oxygens (including phenoxy) is 1. The number of benzene rings is 1. The van der Waals surface area contributed by atoms with E-state index in [1.165, 1.54) is 5.56 Å². The number of carbonyl (C=O) groups is 1. The highest BCUT2D eigenvalue weighted by atomic mass is 16.5. The Balaban J connectivity index is 1.57. The maximum absolute atomic E-state index is 12.5. The first-order chi connectivity index (χ1) is 10.7. The van der Waals surface area contributed by atoms with Crippen LogP contribution in [0.2, 0.25) is 0 Å². The van der Waals surface area contributed by atoms with Gasteiger partial charge in [0.15, 0.2) is 0 Å². The second-order valence-corrected chi connectivity index (χ2v) is 5.68. The Morgan fingerprint density at radius 2 is 2.23 bits per heavy atom. The number of nitrogens with one attached hydrogen (secondary N) is 1. The zero-order valence-corrected chi connectivity index (χ0v) is 12.8. The molecule has 2 aromatic rings. The number of H-pyrrole nitrogens is 1. The first kappa shape index (κ1) is 14.8. The monoisotopic (exact) mass is 299 g/mol. The quantitative estimate of drug-likeness (QED) is 0.941. The minimum Gasteiger partial charge on any atom is -0.375 e. The number of aryl methyl sites for hydroxylation is 2. The fourth-order valence-electron chi connectivity index (χ4n) is 2.79. The topological polar surface area (TPSA) is 58.2 Å². The molecule has 1 aliphatic rings. The van der Waals surface area contributed by atoms with E-state index in [9.17, 15) is 4.79 Å². The maximum Gasteiger partial charge on any atom is 0.257 e. The molecule has 0 radical (unpaired) electrons. The molecule has 1 aliphatic heterocycles. The summed E-state index contributed by atoms with van der Waals surface area (Å²) >= 11 is 0. The number of aromatic nitrogens is 2. The summed E-state index contributed by atoms with van der Waals surface area (Å²) in [6.45, 7) is 3.76. The Morgan fingerprint density at radius 1 is 1.41 bits per heavy atom. The average Bonchev–Trinajstić information content (AvgIpc) is 2.99. The van der Waals surface area contributed by atoms with Crippen molar-refractivity contribution in [1.29, 1.82) is 0 Å². The minimum atomic E-state index is 0.0410. The van der Waals surface area contributed by atoms with Crippen molar-refractivity contribution in [2.75, 3.05) is 19.7 Å².